The number of fused-ring (bicyclic) bond motifs is 4. The zero-order valence-corrected chi connectivity index (χ0v) is 24.6. The molecule has 8 heteroatoms. The molecule has 2 aliphatic heterocycles. The van der Waals surface area contributed by atoms with Crippen molar-refractivity contribution in [2.75, 3.05) is 37.2 Å². The lowest BCUT2D eigenvalue weighted by Gasteiger charge is -2.48. The van der Waals surface area contributed by atoms with Gasteiger partial charge in [-0.3, -0.25) is 9.69 Å². The molecule has 8 nitrogen and oxygen atoms in total. The number of hydrogen-bond donors (Lipinski definition) is 0. The van der Waals surface area contributed by atoms with E-state index < -0.39 is 11.6 Å². The molecule has 0 bridgehead atoms. The maximum absolute atomic E-state index is 13.8. The first-order valence-corrected chi connectivity index (χ1v) is 14.9. The Morgan fingerprint density at radius 3 is 2.57 bits per heavy atom. The minimum absolute atomic E-state index is 0.152. The molecule has 0 N–H and O–H groups in total. The van der Waals surface area contributed by atoms with Crippen LogP contribution in [0.25, 0.3) is 22.4 Å². The number of anilines is 2. The largest absolute Gasteiger partial charge is 0.465 e. The van der Waals surface area contributed by atoms with E-state index in [1.54, 1.807) is 19.2 Å². The molecule has 3 aromatic carbocycles. The molecule has 218 valence electrons. The van der Waals surface area contributed by atoms with Gasteiger partial charge >= 0.3 is 5.97 Å². The van der Waals surface area contributed by atoms with E-state index >= 15 is 0 Å². The Labute approximate surface area is 246 Å². The van der Waals surface area contributed by atoms with Gasteiger partial charge in [-0.15, -0.1) is 0 Å². The Morgan fingerprint density at radius 2 is 1.81 bits per heavy atom. The zero-order valence-electron chi connectivity index (χ0n) is 24.6. The van der Waals surface area contributed by atoms with Crippen LogP contribution in [0.2, 0.25) is 0 Å². The maximum atomic E-state index is 13.8. The van der Waals surface area contributed by atoms with E-state index in [4.69, 9.17) is 14.5 Å². The molecule has 1 fully saturated rings. The molecule has 1 unspecified atom stereocenters. The number of ether oxygens (including phenoxy) is 2. The third-order valence-corrected chi connectivity index (χ3v) is 8.62. The number of amides is 1. The summed E-state index contributed by atoms with van der Waals surface area (Å²) in [6.45, 7) is 4.40. The van der Waals surface area contributed by atoms with Gasteiger partial charge in [0.05, 0.1) is 35.1 Å². The summed E-state index contributed by atoms with van der Waals surface area (Å²) in [5, 5.41) is 0. The van der Waals surface area contributed by atoms with E-state index in [0.717, 1.165) is 78.0 Å². The highest BCUT2D eigenvalue weighted by atomic mass is 16.5. The topological polar surface area (TPSA) is 76.9 Å². The third-order valence-electron chi connectivity index (χ3n) is 8.62. The van der Waals surface area contributed by atoms with Gasteiger partial charge in [0.1, 0.15) is 11.5 Å². The average Bonchev–Trinajstić information content (AvgIpc) is 3.53. The van der Waals surface area contributed by atoms with Crippen LogP contribution in [-0.4, -0.2) is 48.8 Å². The summed E-state index contributed by atoms with van der Waals surface area (Å²) in [7, 11) is 3.09. The molecule has 6 rings (SSSR count). The highest BCUT2D eigenvalue weighted by Crippen LogP contribution is 2.55. The second-order valence-electron chi connectivity index (χ2n) is 11.1. The fraction of sp³-hybridized carbons (Fsp3) is 0.382. The molecular weight excluding hydrogens is 528 g/mol. The molecule has 1 atom stereocenters. The summed E-state index contributed by atoms with van der Waals surface area (Å²) in [4.78, 5) is 35.6. The predicted octanol–water partition coefficient (Wildman–Crippen LogP) is 6.52. The highest BCUT2D eigenvalue weighted by molar-refractivity contribution is 6.04. The van der Waals surface area contributed by atoms with Crippen LogP contribution in [-0.2, 0) is 26.5 Å². The van der Waals surface area contributed by atoms with Crippen molar-refractivity contribution < 1.29 is 19.1 Å². The van der Waals surface area contributed by atoms with Gasteiger partial charge < -0.3 is 18.9 Å². The van der Waals surface area contributed by atoms with Crippen LogP contribution in [0.1, 0.15) is 61.4 Å². The van der Waals surface area contributed by atoms with Crippen LogP contribution < -0.4 is 9.80 Å². The normalized spacial score (nSPS) is 17.9. The third kappa shape index (κ3) is 4.54. The molecule has 42 heavy (non-hydrogen) atoms. The van der Waals surface area contributed by atoms with Crippen LogP contribution >= 0.6 is 0 Å². The Bertz CT molecular complexity index is 1610. The molecule has 0 radical (unpaired) electrons. The summed E-state index contributed by atoms with van der Waals surface area (Å²) < 4.78 is 12.5. The summed E-state index contributed by atoms with van der Waals surface area (Å²) in [5.74, 6) is 0.560. The predicted molar refractivity (Wildman–Crippen MR) is 165 cm³/mol. The van der Waals surface area contributed by atoms with Crippen LogP contribution in [0.4, 0.5) is 11.4 Å². The fourth-order valence-electron chi connectivity index (χ4n) is 6.72. The van der Waals surface area contributed by atoms with Crippen molar-refractivity contribution in [3.8, 4) is 11.4 Å². The van der Waals surface area contributed by atoms with E-state index in [0.29, 0.717) is 25.1 Å². The van der Waals surface area contributed by atoms with Crippen molar-refractivity contribution in [2.24, 2.45) is 0 Å². The van der Waals surface area contributed by atoms with Gasteiger partial charge in [0.25, 0.3) is 0 Å². The summed E-state index contributed by atoms with van der Waals surface area (Å²) in [5.41, 5.74) is 5.68. The first kappa shape index (κ1) is 28.0. The van der Waals surface area contributed by atoms with E-state index in [2.05, 4.69) is 63.8 Å². The number of carbonyl (C=O) groups is 2. The van der Waals surface area contributed by atoms with Gasteiger partial charge in [-0.05, 0) is 67.6 Å². The van der Waals surface area contributed by atoms with Crippen LogP contribution in [0.5, 0.6) is 0 Å². The lowest BCUT2D eigenvalue weighted by Crippen LogP contribution is -2.59. The molecule has 4 aromatic rings. The molecule has 0 spiro atoms. The van der Waals surface area contributed by atoms with E-state index in [1.807, 2.05) is 12.1 Å². The number of methoxy groups -OCH3 is 2. The van der Waals surface area contributed by atoms with Gasteiger partial charge in [0, 0.05) is 38.8 Å². The van der Waals surface area contributed by atoms with E-state index in [9.17, 15) is 9.59 Å². The first-order valence-electron chi connectivity index (χ1n) is 14.9. The Hall–Kier alpha value is -4.17. The maximum Gasteiger partial charge on any atom is 0.337 e. The summed E-state index contributed by atoms with van der Waals surface area (Å²) >= 11 is 0. The van der Waals surface area contributed by atoms with Gasteiger partial charge in [0.2, 0.25) is 5.91 Å². The quantitative estimate of drug-likeness (QED) is 0.161. The molecule has 3 heterocycles. The zero-order chi connectivity index (χ0) is 29.3. The summed E-state index contributed by atoms with van der Waals surface area (Å²) in [6.07, 6.45) is 5.18. The average molecular weight is 567 g/mol. The lowest BCUT2D eigenvalue weighted by molar-refractivity contribution is -0.121. The van der Waals surface area contributed by atoms with Crippen LogP contribution in [0.15, 0.2) is 66.7 Å². The van der Waals surface area contributed by atoms with Gasteiger partial charge in [-0.2, -0.15) is 0 Å². The molecule has 1 amide bonds. The number of carbonyl (C=O) groups excluding carboxylic acids is 2. The number of rotatable bonds is 10. The number of aromatic nitrogens is 2. The van der Waals surface area contributed by atoms with Crippen molar-refractivity contribution in [3.63, 3.8) is 0 Å². The summed E-state index contributed by atoms with van der Waals surface area (Å²) in [6, 6.07) is 22.4. The van der Waals surface area contributed by atoms with Crippen molar-refractivity contribution >= 4 is 34.3 Å². The molecule has 1 saturated heterocycles. The molecule has 1 aromatic heterocycles. The second kappa shape index (κ2) is 11.6. The molecule has 0 aliphatic carbocycles. The minimum atomic E-state index is -0.541. The number of nitrogens with zero attached hydrogens (tertiary/aromatic N) is 4. The first-order chi connectivity index (χ1) is 20.5. The number of hydrogen-bond acceptors (Lipinski definition) is 6. The number of piperidine rings is 1. The number of benzene rings is 3. The minimum Gasteiger partial charge on any atom is -0.465 e. The highest BCUT2D eigenvalue weighted by Gasteiger charge is 2.54. The Morgan fingerprint density at radius 1 is 0.976 bits per heavy atom. The number of esters is 1. The van der Waals surface area contributed by atoms with Crippen molar-refractivity contribution in [3.05, 3.63) is 77.9 Å². The lowest BCUT2D eigenvalue weighted by atomic mass is 9.87. The van der Waals surface area contributed by atoms with Crippen molar-refractivity contribution in [1.29, 1.82) is 0 Å². The Kier molecular flexibility index (Phi) is 7.73. The van der Waals surface area contributed by atoms with E-state index in [-0.39, 0.29) is 5.91 Å². The number of aryl methyl sites for hydroxylation is 1. The Balaban J connectivity index is 1.52. The fourth-order valence-corrected chi connectivity index (χ4v) is 6.72. The van der Waals surface area contributed by atoms with Crippen LogP contribution in [0, 0.1) is 0 Å². The number of imidazole rings is 1. The standard InChI is InChI=1S/C34H38N4O4/c1-4-5-20-37-29-17-14-24(23-30(29)38-31(39)13-9-18-34(37,38)26-11-7-6-8-12-26)32-35-27-22-25(33(40)42-3)15-16-28(27)36(32)19-10-21-41-2/h6-8,11-12,14-17,22-23H,4-5,9-10,13,18-21H2,1-3H3. The van der Waals surface area contributed by atoms with Crippen molar-refractivity contribution in [2.45, 2.75) is 57.7 Å². The van der Waals surface area contributed by atoms with E-state index in [1.165, 1.54) is 7.11 Å². The SMILES string of the molecule is CCCCN1c2ccc(-c3nc4cc(C(=O)OC)ccc4n3CCCOC)cc2N2C(=O)CCCC12c1ccccc1. The van der Waals surface area contributed by atoms with Gasteiger partial charge in [0.15, 0.2) is 0 Å². The molecule has 2 aliphatic rings. The second-order valence-corrected chi connectivity index (χ2v) is 11.1. The van der Waals surface area contributed by atoms with Crippen molar-refractivity contribution in [1.82, 2.24) is 9.55 Å². The molecule has 0 saturated carbocycles. The van der Waals surface area contributed by atoms with Gasteiger partial charge in [-0.1, -0.05) is 43.7 Å². The number of unbranched alkanes of at least 4 members (excludes halogenated alkanes) is 1. The smallest absolute Gasteiger partial charge is 0.337 e. The van der Waals surface area contributed by atoms with Crippen LogP contribution in [0.3, 0.4) is 0 Å². The molecular formula is C34H38N4O4. The van der Waals surface area contributed by atoms with Gasteiger partial charge in [-0.25, -0.2) is 9.78 Å². The monoisotopic (exact) mass is 566 g/mol.